The zero-order valence-corrected chi connectivity index (χ0v) is 8.71. The van der Waals surface area contributed by atoms with Crippen LogP contribution < -0.4 is 0 Å². The summed E-state index contributed by atoms with van der Waals surface area (Å²) in [6.45, 7) is 2.10. The molecular weight excluding hydrogens is 237 g/mol. The lowest BCUT2D eigenvalue weighted by Crippen LogP contribution is -2.08. The maximum absolute atomic E-state index is 2.29. The molecule has 0 aromatic carbocycles. The highest BCUT2D eigenvalue weighted by Crippen LogP contribution is 2.17. The summed E-state index contributed by atoms with van der Waals surface area (Å²) >= 11 is 0.250. The van der Waals surface area contributed by atoms with Gasteiger partial charge in [-0.05, 0) is 17.9 Å². The maximum Gasteiger partial charge on any atom is 0.0489 e. The highest BCUT2D eigenvalue weighted by atomic mass is 127. The number of allylic oxidation sites excluding steroid dienone is 2. The number of halogens is 1. The number of hydrogen-bond acceptors (Lipinski definition) is 1. The first-order chi connectivity index (χ1) is 4.79. The lowest BCUT2D eigenvalue weighted by Gasteiger charge is -2.10. The molecule has 0 N–H and O–H groups in total. The number of nitrogens with zero attached hydrogens (tertiary/aromatic N) is 1. The molecule has 0 aromatic rings. The van der Waals surface area contributed by atoms with E-state index in [1.54, 1.807) is 3.51 Å². The Morgan fingerprint density at radius 3 is 2.70 bits per heavy atom. The monoisotopic (exact) mass is 249 g/mol. The number of hydrogen-bond donors (Lipinski definition) is 0. The lowest BCUT2D eigenvalue weighted by molar-refractivity contribution is 0.613. The second kappa shape index (κ2) is 3.32. The molecule has 2 heteroatoms. The van der Waals surface area contributed by atoms with Crippen LogP contribution in [0.4, 0.5) is 0 Å². The van der Waals surface area contributed by atoms with Crippen LogP contribution in [-0.4, -0.2) is 20.4 Å². The third-order valence-electron chi connectivity index (χ3n) is 1.55. The van der Waals surface area contributed by atoms with Crippen molar-refractivity contribution in [2.24, 2.45) is 0 Å². The van der Waals surface area contributed by atoms with Crippen LogP contribution in [0.1, 0.15) is 6.92 Å². The summed E-state index contributed by atoms with van der Waals surface area (Å²) in [5.41, 5.74) is 1.40. The van der Waals surface area contributed by atoms with Crippen molar-refractivity contribution in [2.75, 3.05) is 12.0 Å². The van der Waals surface area contributed by atoms with Crippen molar-refractivity contribution in [1.29, 1.82) is 0 Å². The van der Waals surface area contributed by atoms with Crippen LogP contribution in [0.25, 0.3) is 0 Å². The third kappa shape index (κ3) is 1.31. The third-order valence-corrected chi connectivity index (χ3v) is 3.62. The fourth-order valence-electron chi connectivity index (χ4n) is 1.01. The molecule has 1 nitrogen and oxygen atoms in total. The molecule has 0 saturated heterocycles. The Morgan fingerprint density at radius 1 is 1.60 bits per heavy atom. The van der Waals surface area contributed by atoms with Gasteiger partial charge in [0.1, 0.15) is 0 Å². The maximum atomic E-state index is 2.29. The van der Waals surface area contributed by atoms with Crippen LogP contribution in [-0.2, 0) is 0 Å². The summed E-state index contributed by atoms with van der Waals surface area (Å²) in [6.07, 6.45) is 6.54. The molecule has 0 bridgehead atoms. The molecule has 1 rings (SSSR count). The van der Waals surface area contributed by atoms with Gasteiger partial charge in [0, 0.05) is 22.5 Å². The fraction of sp³-hybridized carbons (Fsp3) is 0.375. The van der Waals surface area contributed by atoms with Gasteiger partial charge in [-0.1, -0.05) is 6.08 Å². The van der Waals surface area contributed by atoms with Crippen molar-refractivity contribution in [3.8, 4) is 0 Å². The van der Waals surface area contributed by atoms with Crippen LogP contribution in [0, 0.1) is 0 Å². The van der Waals surface area contributed by atoms with Crippen LogP contribution in [0.15, 0.2) is 24.0 Å². The van der Waals surface area contributed by atoms with Crippen LogP contribution >= 0.6 is 20.7 Å². The minimum atomic E-state index is 0.250. The van der Waals surface area contributed by atoms with Gasteiger partial charge < -0.3 is 4.90 Å². The first-order valence-corrected chi connectivity index (χ1v) is 6.47. The molecule has 0 aliphatic carbocycles. The molecule has 0 spiro atoms. The van der Waals surface area contributed by atoms with Crippen LogP contribution in [0.2, 0.25) is 0 Å². The molecule has 1 aliphatic rings. The molecular formula is C8H12IN. The minimum absolute atomic E-state index is 0.250. The summed E-state index contributed by atoms with van der Waals surface area (Å²) in [5.74, 6) is 0. The molecule has 0 radical (unpaired) electrons. The Morgan fingerprint density at radius 2 is 2.30 bits per heavy atom. The Hall–Kier alpha value is -0.120. The average molecular weight is 249 g/mol. The lowest BCUT2D eigenvalue weighted by atomic mass is 10.3. The van der Waals surface area contributed by atoms with Gasteiger partial charge in [-0.3, -0.25) is 0 Å². The van der Waals surface area contributed by atoms with Crippen molar-refractivity contribution >= 4 is 24.2 Å². The molecule has 56 valence electrons. The summed E-state index contributed by atoms with van der Waals surface area (Å²) in [5, 5.41) is 0. The molecule has 0 amide bonds. The zero-order chi connectivity index (χ0) is 7.56. The first kappa shape index (κ1) is 7.98. The summed E-state index contributed by atoms with van der Waals surface area (Å²) in [4.78, 5) is 4.47. The van der Waals surface area contributed by atoms with Crippen molar-refractivity contribution in [2.45, 2.75) is 6.92 Å². The highest BCUT2D eigenvalue weighted by molar-refractivity contribution is 14.2. The Balaban J connectivity index is 2.93. The Bertz CT molecular complexity index is 213. The van der Waals surface area contributed by atoms with Gasteiger partial charge in [0.15, 0.2) is 0 Å². The number of alkyl halides is 1. The molecule has 1 heterocycles. The van der Waals surface area contributed by atoms with Gasteiger partial charge in [-0.25, -0.2) is 0 Å². The van der Waals surface area contributed by atoms with Crippen LogP contribution in [0.5, 0.6) is 0 Å². The van der Waals surface area contributed by atoms with E-state index in [4.69, 9.17) is 0 Å². The largest absolute Gasteiger partial charge is 0.350 e. The van der Waals surface area contributed by atoms with Gasteiger partial charge in [0.25, 0.3) is 0 Å². The summed E-state index contributed by atoms with van der Waals surface area (Å²) < 4.78 is 1.55. The van der Waals surface area contributed by atoms with Crippen molar-refractivity contribution in [3.05, 3.63) is 24.0 Å². The van der Waals surface area contributed by atoms with E-state index in [9.17, 15) is 0 Å². The number of rotatable bonds is 0. The SMILES string of the molecule is C/C=C1\C(=IC)C=CN1C. The zero-order valence-electron chi connectivity index (χ0n) is 6.56. The fourth-order valence-corrected chi connectivity index (χ4v) is 2.78. The first-order valence-electron chi connectivity index (χ1n) is 3.23. The van der Waals surface area contributed by atoms with E-state index in [0.29, 0.717) is 0 Å². The van der Waals surface area contributed by atoms with Gasteiger partial charge in [-0.2, -0.15) is 0 Å². The van der Waals surface area contributed by atoms with E-state index >= 15 is 0 Å². The molecule has 0 atom stereocenters. The van der Waals surface area contributed by atoms with Gasteiger partial charge >= 0.3 is 0 Å². The van der Waals surface area contributed by atoms with E-state index in [-0.39, 0.29) is 20.7 Å². The van der Waals surface area contributed by atoms with Crippen LogP contribution in [0.3, 0.4) is 0 Å². The topological polar surface area (TPSA) is 3.24 Å². The Labute approximate surface area is 72.2 Å². The standard InChI is InChI=1S/C8H12IN/c1-4-8-7(9-2)5-6-10(8)3/h4-6H,1-3H3/b8-4+. The molecule has 1 aliphatic heterocycles. The van der Waals surface area contributed by atoms with Gasteiger partial charge in [0.2, 0.25) is 0 Å². The predicted molar refractivity (Wildman–Crippen MR) is 55.6 cm³/mol. The summed E-state index contributed by atoms with van der Waals surface area (Å²) in [6, 6.07) is 0. The highest BCUT2D eigenvalue weighted by Gasteiger charge is 2.10. The molecule has 0 fully saturated rings. The minimum Gasteiger partial charge on any atom is -0.350 e. The average Bonchev–Trinajstić information content (AvgIpc) is 2.30. The summed E-state index contributed by atoms with van der Waals surface area (Å²) in [7, 11) is 2.10. The van der Waals surface area contributed by atoms with E-state index in [2.05, 4.69) is 42.2 Å². The van der Waals surface area contributed by atoms with Crippen molar-refractivity contribution in [1.82, 2.24) is 4.90 Å². The van der Waals surface area contributed by atoms with E-state index < -0.39 is 0 Å². The van der Waals surface area contributed by atoms with Crippen molar-refractivity contribution < 1.29 is 0 Å². The smallest absolute Gasteiger partial charge is 0.0489 e. The quantitative estimate of drug-likeness (QED) is 0.469. The van der Waals surface area contributed by atoms with Gasteiger partial charge in [0.05, 0.1) is 0 Å². The molecule has 10 heavy (non-hydrogen) atoms. The normalized spacial score (nSPS) is 26.1. The molecule has 0 aromatic heterocycles. The van der Waals surface area contributed by atoms with E-state index in [1.165, 1.54) is 5.70 Å². The molecule has 0 unspecified atom stereocenters. The second-order valence-corrected chi connectivity index (χ2v) is 4.38. The second-order valence-electron chi connectivity index (χ2n) is 2.14. The van der Waals surface area contributed by atoms with E-state index in [1.807, 2.05) is 0 Å². The van der Waals surface area contributed by atoms with Crippen molar-refractivity contribution in [3.63, 3.8) is 0 Å². The van der Waals surface area contributed by atoms with Gasteiger partial charge in [-0.15, -0.1) is 20.7 Å². The van der Waals surface area contributed by atoms with E-state index in [0.717, 1.165) is 0 Å². The molecule has 0 saturated carbocycles. The predicted octanol–water partition coefficient (Wildman–Crippen LogP) is 2.12. The Kier molecular flexibility index (Phi) is 2.65.